The van der Waals surface area contributed by atoms with E-state index >= 15 is 0 Å². The fraction of sp³-hybridized carbons (Fsp3) is 0.467. The number of benzene rings is 1. The van der Waals surface area contributed by atoms with Crippen LogP contribution in [0.15, 0.2) is 28.7 Å². The number of halogens is 1. The van der Waals surface area contributed by atoms with Crippen molar-refractivity contribution in [3.8, 4) is 0 Å². The molecule has 4 unspecified atom stereocenters. The summed E-state index contributed by atoms with van der Waals surface area (Å²) >= 11 is 3.69. The third kappa shape index (κ3) is 2.71. The molecule has 4 atom stereocenters. The Morgan fingerprint density at radius 3 is 2.85 bits per heavy atom. The highest BCUT2D eigenvalue weighted by atomic mass is 32.2. The van der Waals surface area contributed by atoms with Gasteiger partial charge in [-0.2, -0.15) is 23.5 Å². The molecule has 1 aromatic carbocycles. The molecule has 0 amide bonds. The average Bonchev–Trinajstić information content (AvgIpc) is 2.84. The number of furan rings is 1. The molecule has 0 radical (unpaired) electrons. The highest BCUT2D eigenvalue weighted by Crippen LogP contribution is 2.41. The fourth-order valence-corrected chi connectivity index (χ4v) is 5.32. The maximum atomic E-state index is 13.2. The third-order valence-electron chi connectivity index (χ3n) is 3.71. The van der Waals surface area contributed by atoms with Gasteiger partial charge in [0.25, 0.3) is 0 Å². The van der Waals surface area contributed by atoms with Crippen molar-refractivity contribution in [2.24, 2.45) is 0 Å². The van der Waals surface area contributed by atoms with Gasteiger partial charge in [0, 0.05) is 26.9 Å². The molecule has 0 saturated carbocycles. The van der Waals surface area contributed by atoms with E-state index in [-0.39, 0.29) is 11.1 Å². The van der Waals surface area contributed by atoms with Crippen LogP contribution in [0.3, 0.4) is 0 Å². The molecule has 20 heavy (non-hydrogen) atoms. The molecule has 1 aliphatic rings. The lowest BCUT2D eigenvalue weighted by molar-refractivity contribution is 0.154. The van der Waals surface area contributed by atoms with Crippen LogP contribution >= 0.6 is 23.5 Å². The van der Waals surface area contributed by atoms with Gasteiger partial charge in [-0.15, -0.1) is 0 Å². The minimum atomic E-state index is -0.641. The van der Waals surface area contributed by atoms with Crippen molar-refractivity contribution in [1.29, 1.82) is 0 Å². The van der Waals surface area contributed by atoms with Crippen molar-refractivity contribution < 1.29 is 13.9 Å². The molecule has 2 aromatic rings. The molecule has 0 aliphatic carbocycles. The minimum absolute atomic E-state index is 0.122. The van der Waals surface area contributed by atoms with E-state index in [0.29, 0.717) is 27.2 Å². The summed E-state index contributed by atoms with van der Waals surface area (Å²) in [5.41, 5.74) is 0.621. The van der Waals surface area contributed by atoms with E-state index in [1.54, 1.807) is 23.9 Å². The third-order valence-corrected chi connectivity index (χ3v) is 7.20. The second kappa shape index (κ2) is 5.62. The summed E-state index contributed by atoms with van der Waals surface area (Å²) in [5, 5.41) is 12.4. The van der Waals surface area contributed by atoms with E-state index in [2.05, 4.69) is 13.8 Å². The average molecular weight is 312 g/mol. The minimum Gasteiger partial charge on any atom is -0.458 e. The topological polar surface area (TPSA) is 33.4 Å². The number of hydrogen-bond acceptors (Lipinski definition) is 4. The molecular formula is C15H17FO2S2. The molecule has 3 rings (SSSR count). The van der Waals surface area contributed by atoms with E-state index in [9.17, 15) is 9.50 Å². The molecule has 1 aromatic heterocycles. The van der Waals surface area contributed by atoms with Gasteiger partial charge in [0.15, 0.2) is 0 Å². The monoisotopic (exact) mass is 312 g/mol. The lowest BCUT2D eigenvalue weighted by atomic mass is 10.2. The summed E-state index contributed by atoms with van der Waals surface area (Å²) in [4.78, 5) is 0. The summed E-state index contributed by atoms with van der Waals surface area (Å²) in [7, 11) is 0. The summed E-state index contributed by atoms with van der Waals surface area (Å²) in [5.74, 6) is 1.15. The quantitative estimate of drug-likeness (QED) is 0.899. The van der Waals surface area contributed by atoms with E-state index in [1.807, 2.05) is 11.8 Å². The SMILES string of the molecule is CC1SCC(C(O)c2cc3cc(F)ccc3o2)SC1C. The number of hydrogen-bond donors (Lipinski definition) is 1. The first-order chi connectivity index (χ1) is 9.54. The second-order valence-corrected chi connectivity index (χ2v) is 8.23. The van der Waals surface area contributed by atoms with Crippen LogP contribution in [0.2, 0.25) is 0 Å². The molecule has 1 fully saturated rings. The van der Waals surface area contributed by atoms with Crippen molar-refractivity contribution in [2.75, 3.05) is 5.75 Å². The Morgan fingerprint density at radius 1 is 1.30 bits per heavy atom. The molecule has 108 valence electrons. The van der Waals surface area contributed by atoms with Crippen molar-refractivity contribution >= 4 is 34.5 Å². The van der Waals surface area contributed by atoms with Crippen molar-refractivity contribution in [2.45, 2.75) is 35.7 Å². The van der Waals surface area contributed by atoms with Gasteiger partial charge < -0.3 is 9.52 Å². The van der Waals surface area contributed by atoms with Crippen LogP contribution < -0.4 is 0 Å². The number of aliphatic hydroxyl groups excluding tert-OH is 1. The molecule has 1 aliphatic heterocycles. The Kier molecular flexibility index (Phi) is 4.02. The Hall–Kier alpha value is -0.650. The highest BCUT2D eigenvalue weighted by Gasteiger charge is 2.32. The summed E-state index contributed by atoms with van der Waals surface area (Å²) in [6, 6.07) is 6.16. The standard InChI is InChI=1S/C15H17FO2S2/c1-8-9(2)20-14(7-19-8)15(17)13-6-10-5-11(16)3-4-12(10)18-13/h3-6,8-9,14-15,17H,7H2,1-2H3. The number of fused-ring (bicyclic) bond motifs is 1. The zero-order valence-electron chi connectivity index (χ0n) is 11.4. The van der Waals surface area contributed by atoms with Crippen LogP contribution in [0.4, 0.5) is 4.39 Å². The first kappa shape index (κ1) is 14.3. The largest absolute Gasteiger partial charge is 0.458 e. The van der Waals surface area contributed by atoms with Gasteiger partial charge in [0.1, 0.15) is 23.3 Å². The van der Waals surface area contributed by atoms with E-state index in [4.69, 9.17) is 4.42 Å². The molecule has 0 bridgehead atoms. The summed E-state index contributed by atoms with van der Waals surface area (Å²) < 4.78 is 18.8. The van der Waals surface area contributed by atoms with Crippen LogP contribution in [0.25, 0.3) is 11.0 Å². The maximum absolute atomic E-state index is 13.2. The predicted molar refractivity (Wildman–Crippen MR) is 83.9 cm³/mol. The second-order valence-electron chi connectivity index (χ2n) is 5.19. The molecule has 5 heteroatoms. The maximum Gasteiger partial charge on any atom is 0.134 e. The van der Waals surface area contributed by atoms with Crippen LogP contribution in [0.5, 0.6) is 0 Å². The molecule has 1 saturated heterocycles. The first-order valence-electron chi connectivity index (χ1n) is 6.68. The predicted octanol–water partition coefficient (Wildman–Crippen LogP) is 4.23. The van der Waals surface area contributed by atoms with E-state index < -0.39 is 6.10 Å². The van der Waals surface area contributed by atoms with Crippen molar-refractivity contribution in [3.05, 3.63) is 35.8 Å². The number of thioether (sulfide) groups is 2. The Balaban J connectivity index is 1.83. The zero-order valence-corrected chi connectivity index (χ0v) is 13.0. The smallest absolute Gasteiger partial charge is 0.134 e. The van der Waals surface area contributed by atoms with E-state index in [0.717, 1.165) is 5.75 Å². The number of aliphatic hydroxyl groups is 1. The number of rotatable bonds is 2. The molecule has 2 heterocycles. The molecule has 1 N–H and O–H groups in total. The van der Waals surface area contributed by atoms with Gasteiger partial charge >= 0.3 is 0 Å². The lowest BCUT2D eigenvalue weighted by Crippen LogP contribution is -2.30. The van der Waals surface area contributed by atoms with Crippen LogP contribution in [0, 0.1) is 5.82 Å². The van der Waals surface area contributed by atoms with E-state index in [1.165, 1.54) is 12.1 Å². The van der Waals surface area contributed by atoms with Crippen LogP contribution in [-0.2, 0) is 0 Å². The lowest BCUT2D eigenvalue weighted by Gasteiger charge is -2.33. The zero-order chi connectivity index (χ0) is 14.3. The van der Waals surface area contributed by atoms with Gasteiger partial charge in [-0.3, -0.25) is 0 Å². The summed E-state index contributed by atoms with van der Waals surface area (Å²) in [6.45, 7) is 4.41. The van der Waals surface area contributed by atoms with Gasteiger partial charge in [-0.1, -0.05) is 13.8 Å². The Morgan fingerprint density at radius 2 is 2.10 bits per heavy atom. The fourth-order valence-electron chi connectivity index (χ4n) is 2.34. The molecule has 0 spiro atoms. The van der Waals surface area contributed by atoms with Gasteiger partial charge in [-0.25, -0.2) is 4.39 Å². The normalized spacial score (nSPS) is 28.7. The van der Waals surface area contributed by atoms with Crippen LogP contribution in [-0.4, -0.2) is 26.6 Å². The molecule has 2 nitrogen and oxygen atoms in total. The van der Waals surface area contributed by atoms with Gasteiger partial charge in [0.05, 0.1) is 0 Å². The first-order valence-corrected chi connectivity index (χ1v) is 8.68. The van der Waals surface area contributed by atoms with Crippen molar-refractivity contribution in [3.63, 3.8) is 0 Å². The van der Waals surface area contributed by atoms with Gasteiger partial charge in [0.2, 0.25) is 0 Å². The Labute approximate surface area is 126 Å². The highest BCUT2D eigenvalue weighted by molar-refractivity contribution is 8.07. The van der Waals surface area contributed by atoms with Crippen molar-refractivity contribution in [1.82, 2.24) is 0 Å². The summed E-state index contributed by atoms with van der Waals surface area (Å²) in [6.07, 6.45) is -0.641. The molecular weight excluding hydrogens is 295 g/mol. The Bertz CT molecular complexity index is 613. The van der Waals surface area contributed by atoms with Gasteiger partial charge in [-0.05, 0) is 24.3 Å². The van der Waals surface area contributed by atoms with Crippen LogP contribution in [0.1, 0.15) is 25.7 Å².